The maximum atomic E-state index is 12.0. The minimum Gasteiger partial charge on any atom is -0.351 e. The molecule has 1 amide bonds. The van der Waals surface area contributed by atoms with Crippen LogP contribution in [-0.2, 0) is 14.8 Å². The highest BCUT2D eigenvalue weighted by atomic mass is 32.2. The van der Waals surface area contributed by atoms with Crippen molar-refractivity contribution in [1.29, 1.82) is 0 Å². The number of amides is 1. The van der Waals surface area contributed by atoms with Gasteiger partial charge in [0.05, 0.1) is 11.9 Å². The van der Waals surface area contributed by atoms with Crippen LogP contribution in [0.3, 0.4) is 0 Å². The smallest absolute Gasteiger partial charge is 0.243 e. The molecule has 0 radical (unpaired) electrons. The average Bonchev–Trinajstić information content (AvgIpc) is 2.34. The van der Waals surface area contributed by atoms with E-state index in [1.54, 1.807) is 31.2 Å². The molecule has 1 aromatic carbocycles. The number of carbonyl (C=O) groups excluding carboxylic acids is 1. The normalized spacial score (nSPS) is 12.6. The Kier molecular flexibility index (Phi) is 5.33. The van der Waals surface area contributed by atoms with E-state index in [1.165, 1.54) is 0 Å². The monoisotopic (exact) mass is 296 g/mol. The van der Waals surface area contributed by atoms with Crippen LogP contribution in [0.25, 0.3) is 0 Å². The largest absolute Gasteiger partial charge is 0.351 e. The SMILES string of the molecule is C=CCNC(=O)C(C)N(c1cccc(C)c1)S(C)(=O)=O. The molecule has 1 rings (SSSR count). The first-order chi connectivity index (χ1) is 9.27. The maximum Gasteiger partial charge on any atom is 0.243 e. The fraction of sp³-hybridized carbons (Fsp3) is 0.357. The lowest BCUT2D eigenvalue weighted by Gasteiger charge is -2.28. The number of rotatable bonds is 6. The van der Waals surface area contributed by atoms with Gasteiger partial charge >= 0.3 is 0 Å². The molecule has 5 nitrogen and oxygen atoms in total. The van der Waals surface area contributed by atoms with Gasteiger partial charge in [-0.2, -0.15) is 0 Å². The number of nitrogens with one attached hydrogen (secondary N) is 1. The quantitative estimate of drug-likeness (QED) is 0.808. The molecular formula is C14H20N2O3S. The van der Waals surface area contributed by atoms with Gasteiger partial charge in [0, 0.05) is 6.54 Å². The molecule has 0 heterocycles. The summed E-state index contributed by atoms with van der Waals surface area (Å²) in [7, 11) is -3.56. The van der Waals surface area contributed by atoms with Crippen molar-refractivity contribution in [2.24, 2.45) is 0 Å². The Balaban J connectivity index is 3.14. The number of sulfonamides is 1. The third-order valence-corrected chi connectivity index (χ3v) is 4.01. The summed E-state index contributed by atoms with van der Waals surface area (Å²) in [6, 6.07) is 6.21. The van der Waals surface area contributed by atoms with Crippen LogP contribution >= 0.6 is 0 Å². The van der Waals surface area contributed by atoms with E-state index in [0.29, 0.717) is 12.2 Å². The van der Waals surface area contributed by atoms with E-state index in [9.17, 15) is 13.2 Å². The molecule has 0 bridgehead atoms. The molecule has 1 N–H and O–H groups in total. The zero-order valence-electron chi connectivity index (χ0n) is 12.0. The zero-order chi connectivity index (χ0) is 15.3. The maximum absolute atomic E-state index is 12.0. The van der Waals surface area contributed by atoms with E-state index < -0.39 is 16.1 Å². The molecule has 1 atom stereocenters. The Labute approximate surface area is 120 Å². The molecule has 110 valence electrons. The van der Waals surface area contributed by atoms with Gasteiger partial charge in [-0.3, -0.25) is 9.10 Å². The third kappa shape index (κ3) is 4.09. The van der Waals surface area contributed by atoms with E-state index in [2.05, 4.69) is 11.9 Å². The second-order valence-electron chi connectivity index (χ2n) is 4.61. The minimum absolute atomic E-state index is 0.300. The number of hydrogen-bond donors (Lipinski definition) is 1. The van der Waals surface area contributed by atoms with Gasteiger partial charge in [0.15, 0.2) is 0 Å². The number of hydrogen-bond acceptors (Lipinski definition) is 3. The summed E-state index contributed by atoms with van der Waals surface area (Å²) in [5.74, 6) is -0.364. The molecule has 0 saturated carbocycles. The van der Waals surface area contributed by atoms with Crippen molar-refractivity contribution in [3.05, 3.63) is 42.5 Å². The van der Waals surface area contributed by atoms with Crippen LogP contribution in [0.1, 0.15) is 12.5 Å². The van der Waals surface area contributed by atoms with E-state index in [-0.39, 0.29) is 5.91 Å². The molecule has 0 spiro atoms. The molecule has 20 heavy (non-hydrogen) atoms. The van der Waals surface area contributed by atoms with Crippen molar-refractivity contribution in [2.75, 3.05) is 17.1 Å². The van der Waals surface area contributed by atoms with Gasteiger partial charge in [-0.05, 0) is 31.5 Å². The number of nitrogens with zero attached hydrogens (tertiary/aromatic N) is 1. The van der Waals surface area contributed by atoms with Crippen molar-refractivity contribution in [3.8, 4) is 0 Å². The Hall–Kier alpha value is -1.82. The lowest BCUT2D eigenvalue weighted by Crippen LogP contribution is -2.47. The molecule has 6 heteroatoms. The van der Waals surface area contributed by atoms with Gasteiger partial charge in [0.2, 0.25) is 15.9 Å². The number of benzene rings is 1. The Morgan fingerprint density at radius 1 is 1.50 bits per heavy atom. The van der Waals surface area contributed by atoms with E-state index >= 15 is 0 Å². The highest BCUT2D eigenvalue weighted by Gasteiger charge is 2.28. The molecule has 0 fully saturated rings. The lowest BCUT2D eigenvalue weighted by atomic mass is 10.2. The van der Waals surface area contributed by atoms with Crippen molar-refractivity contribution in [1.82, 2.24) is 5.32 Å². The second-order valence-corrected chi connectivity index (χ2v) is 6.47. The molecule has 0 aliphatic heterocycles. The summed E-state index contributed by atoms with van der Waals surface area (Å²) in [5, 5.41) is 2.61. The minimum atomic E-state index is -3.56. The average molecular weight is 296 g/mol. The van der Waals surface area contributed by atoms with Crippen LogP contribution in [0.2, 0.25) is 0 Å². The Morgan fingerprint density at radius 2 is 2.15 bits per heavy atom. The highest BCUT2D eigenvalue weighted by molar-refractivity contribution is 7.92. The molecular weight excluding hydrogens is 276 g/mol. The molecule has 0 aliphatic rings. The lowest BCUT2D eigenvalue weighted by molar-refractivity contribution is -0.121. The van der Waals surface area contributed by atoms with Gasteiger partial charge in [0.1, 0.15) is 6.04 Å². The first-order valence-corrected chi connectivity index (χ1v) is 8.07. The highest BCUT2D eigenvalue weighted by Crippen LogP contribution is 2.21. The zero-order valence-corrected chi connectivity index (χ0v) is 12.8. The predicted octanol–water partition coefficient (Wildman–Crippen LogP) is 1.45. The van der Waals surface area contributed by atoms with Crippen molar-refractivity contribution >= 4 is 21.6 Å². The van der Waals surface area contributed by atoms with Gasteiger partial charge in [-0.25, -0.2) is 8.42 Å². The Morgan fingerprint density at radius 3 is 2.65 bits per heavy atom. The third-order valence-electron chi connectivity index (χ3n) is 2.77. The standard InChI is InChI=1S/C14H20N2O3S/c1-5-9-15-14(17)12(3)16(20(4,18)19)13-8-6-7-11(2)10-13/h5-8,10,12H,1,9H2,2-4H3,(H,15,17). The first-order valence-electron chi connectivity index (χ1n) is 6.22. The van der Waals surface area contributed by atoms with Gasteiger partial charge in [-0.15, -0.1) is 6.58 Å². The van der Waals surface area contributed by atoms with Crippen molar-refractivity contribution in [2.45, 2.75) is 19.9 Å². The van der Waals surface area contributed by atoms with Gasteiger partial charge in [0.25, 0.3) is 0 Å². The van der Waals surface area contributed by atoms with Crippen LogP contribution in [-0.4, -0.2) is 33.2 Å². The fourth-order valence-corrected chi connectivity index (χ4v) is 3.06. The van der Waals surface area contributed by atoms with Crippen molar-refractivity contribution < 1.29 is 13.2 Å². The van der Waals surface area contributed by atoms with Crippen LogP contribution < -0.4 is 9.62 Å². The van der Waals surface area contributed by atoms with E-state index in [1.807, 2.05) is 13.0 Å². The summed E-state index contributed by atoms with van der Waals surface area (Å²) in [5.41, 5.74) is 1.41. The Bertz CT molecular complexity index is 596. The molecule has 0 aliphatic carbocycles. The van der Waals surface area contributed by atoms with Gasteiger partial charge < -0.3 is 5.32 Å². The van der Waals surface area contributed by atoms with Gasteiger partial charge in [-0.1, -0.05) is 18.2 Å². The topological polar surface area (TPSA) is 66.5 Å². The number of carbonyl (C=O) groups is 1. The summed E-state index contributed by atoms with van der Waals surface area (Å²) in [6.45, 7) is 7.23. The molecule has 0 aromatic heterocycles. The molecule has 1 unspecified atom stereocenters. The molecule has 0 saturated heterocycles. The summed E-state index contributed by atoms with van der Waals surface area (Å²) in [4.78, 5) is 12.0. The predicted molar refractivity (Wildman–Crippen MR) is 81.2 cm³/mol. The molecule has 1 aromatic rings. The second kappa shape index (κ2) is 6.56. The van der Waals surface area contributed by atoms with E-state index in [4.69, 9.17) is 0 Å². The van der Waals surface area contributed by atoms with E-state index in [0.717, 1.165) is 16.1 Å². The summed E-state index contributed by atoms with van der Waals surface area (Å²) >= 11 is 0. The summed E-state index contributed by atoms with van der Waals surface area (Å²) in [6.07, 6.45) is 2.63. The fourth-order valence-electron chi connectivity index (χ4n) is 1.89. The first kappa shape index (κ1) is 16.2. The number of anilines is 1. The van der Waals surface area contributed by atoms with Crippen LogP contribution in [0, 0.1) is 6.92 Å². The van der Waals surface area contributed by atoms with Crippen LogP contribution in [0.5, 0.6) is 0 Å². The van der Waals surface area contributed by atoms with Crippen LogP contribution in [0.4, 0.5) is 5.69 Å². The van der Waals surface area contributed by atoms with Crippen molar-refractivity contribution in [3.63, 3.8) is 0 Å². The summed E-state index contributed by atoms with van der Waals surface area (Å²) < 4.78 is 25.1. The number of aryl methyl sites for hydroxylation is 1. The van der Waals surface area contributed by atoms with Crippen LogP contribution in [0.15, 0.2) is 36.9 Å².